The maximum absolute atomic E-state index is 12.6. The van der Waals surface area contributed by atoms with Crippen molar-refractivity contribution in [1.82, 2.24) is 15.1 Å². The lowest BCUT2D eigenvalue weighted by Crippen LogP contribution is -2.52. The summed E-state index contributed by atoms with van der Waals surface area (Å²) in [6.07, 6.45) is 3.34. The molecule has 0 unspecified atom stereocenters. The number of urea groups is 1. The molecule has 2 aliphatic heterocycles. The molecule has 2 saturated heterocycles. The number of hydrogen-bond acceptors (Lipinski definition) is 2. The monoisotopic (exact) mass is 343 g/mol. The van der Waals surface area contributed by atoms with Crippen molar-refractivity contribution in [2.45, 2.75) is 52.6 Å². The third kappa shape index (κ3) is 5.21. The number of carbonyl (C=O) groups excluding carboxylic acids is 1. The molecule has 1 aromatic carbocycles. The van der Waals surface area contributed by atoms with Crippen LogP contribution < -0.4 is 5.32 Å². The van der Waals surface area contributed by atoms with Gasteiger partial charge < -0.3 is 10.2 Å². The number of piperidine rings is 2. The van der Waals surface area contributed by atoms with E-state index < -0.39 is 0 Å². The number of aryl methyl sites for hydroxylation is 1. The lowest BCUT2D eigenvalue weighted by molar-refractivity contribution is 0.135. The SMILES string of the molecule is Cc1cccc(CN2CCC(NC(=O)N3C[C@@H](C)C[C@H](C)C3)CC2)c1. The van der Waals surface area contributed by atoms with Crippen LogP contribution in [0.1, 0.15) is 44.2 Å². The molecule has 2 aliphatic rings. The molecule has 3 rings (SSSR count). The predicted octanol–water partition coefficient (Wildman–Crippen LogP) is 3.65. The van der Waals surface area contributed by atoms with Gasteiger partial charge in [-0.3, -0.25) is 4.90 Å². The molecule has 0 aromatic heterocycles. The van der Waals surface area contributed by atoms with Crippen LogP contribution in [0, 0.1) is 18.8 Å². The Kier molecular flexibility index (Phi) is 6.00. The summed E-state index contributed by atoms with van der Waals surface area (Å²) in [6, 6.07) is 9.24. The summed E-state index contributed by atoms with van der Waals surface area (Å²) in [5.41, 5.74) is 2.71. The minimum absolute atomic E-state index is 0.149. The number of hydrogen-bond donors (Lipinski definition) is 1. The molecular weight excluding hydrogens is 310 g/mol. The molecule has 1 aromatic rings. The van der Waals surface area contributed by atoms with E-state index in [4.69, 9.17) is 0 Å². The first-order chi connectivity index (χ1) is 12.0. The summed E-state index contributed by atoms with van der Waals surface area (Å²) in [4.78, 5) is 17.1. The van der Waals surface area contributed by atoms with E-state index in [-0.39, 0.29) is 6.03 Å². The quantitative estimate of drug-likeness (QED) is 0.909. The molecule has 25 heavy (non-hydrogen) atoms. The zero-order valence-corrected chi connectivity index (χ0v) is 16.0. The molecular formula is C21H33N3O. The van der Waals surface area contributed by atoms with Crippen LogP contribution in [0.15, 0.2) is 24.3 Å². The van der Waals surface area contributed by atoms with Crippen molar-refractivity contribution in [2.75, 3.05) is 26.2 Å². The highest BCUT2D eigenvalue weighted by Crippen LogP contribution is 2.21. The topological polar surface area (TPSA) is 35.6 Å². The van der Waals surface area contributed by atoms with Gasteiger partial charge in [-0.25, -0.2) is 4.79 Å². The Morgan fingerprint density at radius 3 is 2.48 bits per heavy atom. The average Bonchev–Trinajstić information content (AvgIpc) is 2.56. The first-order valence-electron chi connectivity index (χ1n) is 9.83. The Labute approximate surface area is 152 Å². The highest BCUT2D eigenvalue weighted by atomic mass is 16.2. The van der Waals surface area contributed by atoms with Crippen LogP contribution in [-0.4, -0.2) is 48.1 Å². The molecule has 0 bridgehead atoms. The number of rotatable bonds is 3. The maximum Gasteiger partial charge on any atom is 0.317 e. The summed E-state index contributed by atoms with van der Waals surface area (Å²) >= 11 is 0. The van der Waals surface area contributed by atoms with Crippen LogP contribution in [0.3, 0.4) is 0 Å². The van der Waals surface area contributed by atoms with Crippen LogP contribution >= 0.6 is 0 Å². The number of likely N-dealkylation sites (tertiary alicyclic amines) is 2. The number of amides is 2. The Morgan fingerprint density at radius 2 is 1.84 bits per heavy atom. The Balaban J connectivity index is 1.43. The van der Waals surface area contributed by atoms with E-state index in [9.17, 15) is 4.79 Å². The second-order valence-electron chi connectivity index (χ2n) is 8.34. The molecule has 4 nitrogen and oxygen atoms in total. The van der Waals surface area contributed by atoms with E-state index in [2.05, 4.69) is 55.3 Å². The van der Waals surface area contributed by atoms with Crippen molar-refractivity contribution in [3.05, 3.63) is 35.4 Å². The average molecular weight is 344 g/mol. The van der Waals surface area contributed by atoms with Gasteiger partial charge in [-0.1, -0.05) is 43.7 Å². The van der Waals surface area contributed by atoms with E-state index >= 15 is 0 Å². The first kappa shape index (κ1) is 18.2. The Morgan fingerprint density at radius 1 is 1.16 bits per heavy atom. The molecule has 0 aliphatic carbocycles. The van der Waals surface area contributed by atoms with Gasteiger partial charge in [0.1, 0.15) is 0 Å². The summed E-state index contributed by atoms with van der Waals surface area (Å²) in [5.74, 6) is 1.23. The maximum atomic E-state index is 12.6. The highest BCUT2D eigenvalue weighted by Gasteiger charge is 2.28. The number of benzene rings is 1. The molecule has 2 atom stereocenters. The number of nitrogens with zero attached hydrogens (tertiary/aromatic N) is 2. The zero-order valence-electron chi connectivity index (χ0n) is 16.0. The summed E-state index contributed by atoms with van der Waals surface area (Å²) in [7, 11) is 0. The number of nitrogens with one attached hydrogen (secondary N) is 1. The van der Waals surface area contributed by atoms with Gasteiger partial charge >= 0.3 is 6.03 Å². The lowest BCUT2D eigenvalue weighted by Gasteiger charge is -2.37. The van der Waals surface area contributed by atoms with Crippen molar-refractivity contribution in [2.24, 2.45) is 11.8 Å². The highest BCUT2D eigenvalue weighted by molar-refractivity contribution is 5.74. The van der Waals surface area contributed by atoms with Crippen LogP contribution in [-0.2, 0) is 6.54 Å². The van der Waals surface area contributed by atoms with Crippen LogP contribution in [0.5, 0.6) is 0 Å². The molecule has 0 radical (unpaired) electrons. The second-order valence-corrected chi connectivity index (χ2v) is 8.34. The molecule has 138 valence electrons. The van der Waals surface area contributed by atoms with Gasteiger partial charge in [-0.15, -0.1) is 0 Å². The molecule has 0 saturated carbocycles. The lowest BCUT2D eigenvalue weighted by atomic mass is 9.92. The Bertz CT molecular complexity index is 570. The largest absolute Gasteiger partial charge is 0.335 e. The fraction of sp³-hybridized carbons (Fsp3) is 0.667. The van der Waals surface area contributed by atoms with Crippen molar-refractivity contribution in [3.8, 4) is 0 Å². The van der Waals surface area contributed by atoms with E-state index in [0.29, 0.717) is 17.9 Å². The van der Waals surface area contributed by atoms with Gasteiger partial charge in [-0.05, 0) is 43.6 Å². The van der Waals surface area contributed by atoms with Gasteiger partial charge in [-0.2, -0.15) is 0 Å². The van der Waals surface area contributed by atoms with Crippen LogP contribution in [0.4, 0.5) is 4.79 Å². The van der Waals surface area contributed by atoms with Crippen molar-refractivity contribution in [1.29, 1.82) is 0 Å². The van der Waals surface area contributed by atoms with Crippen LogP contribution in [0.25, 0.3) is 0 Å². The Hall–Kier alpha value is -1.55. The molecule has 0 spiro atoms. The van der Waals surface area contributed by atoms with Gasteiger partial charge in [0.15, 0.2) is 0 Å². The molecule has 1 N–H and O–H groups in total. The third-order valence-electron chi connectivity index (χ3n) is 5.56. The molecule has 2 heterocycles. The van der Waals surface area contributed by atoms with E-state index in [1.54, 1.807) is 0 Å². The van der Waals surface area contributed by atoms with Gasteiger partial charge in [0.05, 0.1) is 0 Å². The smallest absolute Gasteiger partial charge is 0.317 e. The van der Waals surface area contributed by atoms with Crippen molar-refractivity contribution < 1.29 is 4.79 Å². The third-order valence-corrected chi connectivity index (χ3v) is 5.56. The normalized spacial score (nSPS) is 25.8. The molecule has 4 heteroatoms. The van der Waals surface area contributed by atoms with Gasteiger partial charge in [0.2, 0.25) is 0 Å². The first-order valence-corrected chi connectivity index (χ1v) is 9.83. The summed E-state index contributed by atoms with van der Waals surface area (Å²) in [5, 5.41) is 3.28. The zero-order chi connectivity index (χ0) is 17.8. The van der Waals surface area contributed by atoms with Gasteiger partial charge in [0.25, 0.3) is 0 Å². The predicted molar refractivity (Wildman–Crippen MR) is 103 cm³/mol. The fourth-order valence-electron chi connectivity index (χ4n) is 4.40. The fourth-order valence-corrected chi connectivity index (χ4v) is 4.40. The summed E-state index contributed by atoms with van der Waals surface area (Å²) in [6.45, 7) is 11.6. The van der Waals surface area contributed by atoms with E-state index in [1.807, 2.05) is 4.90 Å². The molecule has 2 amide bonds. The molecule has 2 fully saturated rings. The summed E-state index contributed by atoms with van der Waals surface area (Å²) < 4.78 is 0. The van der Waals surface area contributed by atoms with Crippen molar-refractivity contribution in [3.63, 3.8) is 0 Å². The minimum atomic E-state index is 0.149. The minimum Gasteiger partial charge on any atom is -0.335 e. The van der Waals surface area contributed by atoms with E-state index in [0.717, 1.165) is 45.6 Å². The van der Waals surface area contributed by atoms with E-state index in [1.165, 1.54) is 17.5 Å². The van der Waals surface area contributed by atoms with Crippen LogP contribution in [0.2, 0.25) is 0 Å². The number of carbonyl (C=O) groups is 1. The second kappa shape index (κ2) is 8.22. The van der Waals surface area contributed by atoms with Gasteiger partial charge in [0, 0.05) is 38.8 Å². The standard InChI is InChI=1S/C21H33N3O/c1-16-5-4-6-19(12-16)15-23-9-7-20(8-10-23)22-21(25)24-13-17(2)11-18(3)14-24/h4-6,12,17-18,20H,7-11,13-15H2,1-3H3,(H,22,25)/t17-,18-/m0/s1. The van der Waals surface area contributed by atoms with Crippen molar-refractivity contribution >= 4 is 6.03 Å².